The van der Waals surface area contributed by atoms with E-state index < -0.39 is 0 Å². The second-order valence-electron chi connectivity index (χ2n) is 4.00. The minimum Gasteiger partial charge on any atom is -0.372 e. The number of halogens is 1. The lowest BCUT2D eigenvalue weighted by Crippen LogP contribution is -2.18. The Morgan fingerprint density at radius 3 is 2.33 bits per heavy atom. The molecule has 1 rings (SSSR count). The summed E-state index contributed by atoms with van der Waals surface area (Å²) in [6.07, 6.45) is -0.131. The monoisotopic (exact) mass is 211 g/mol. The number of rotatable bonds is 5. The van der Waals surface area contributed by atoms with E-state index in [0.29, 0.717) is 19.1 Å². The van der Waals surface area contributed by atoms with Gasteiger partial charge in [0.1, 0.15) is 5.82 Å². The van der Waals surface area contributed by atoms with Gasteiger partial charge < -0.3 is 10.5 Å². The van der Waals surface area contributed by atoms with E-state index in [9.17, 15) is 4.39 Å². The molecule has 1 unspecified atom stereocenters. The molecule has 0 radical (unpaired) electrons. The molecule has 1 atom stereocenters. The summed E-state index contributed by atoms with van der Waals surface area (Å²) in [4.78, 5) is 0. The van der Waals surface area contributed by atoms with Crippen molar-refractivity contribution in [3.05, 3.63) is 35.6 Å². The molecular formula is C12H18FNO. The average molecular weight is 211 g/mol. The highest BCUT2D eigenvalue weighted by molar-refractivity contribution is 5.18. The zero-order valence-corrected chi connectivity index (χ0v) is 9.24. The van der Waals surface area contributed by atoms with Gasteiger partial charge in [0.25, 0.3) is 0 Å². The fraction of sp³-hybridized carbons (Fsp3) is 0.500. The van der Waals surface area contributed by atoms with Gasteiger partial charge in [0.15, 0.2) is 0 Å². The first-order chi connectivity index (χ1) is 7.13. The van der Waals surface area contributed by atoms with Gasteiger partial charge in [-0.25, -0.2) is 4.39 Å². The topological polar surface area (TPSA) is 35.2 Å². The molecule has 2 N–H and O–H groups in total. The van der Waals surface area contributed by atoms with Crippen molar-refractivity contribution in [2.75, 3.05) is 13.2 Å². The van der Waals surface area contributed by atoms with Gasteiger partial charge in [-0.3, -0.25) is 0 Å². The average Bonchev–Trinajstić information content (AvgIpc) is 2.21. The maximum atomic E-state index is 12.7. The molecule has 84 valence electrons. The molecule has 0 saturated carbocycles. The molecule has 0 amide bonds. The molecular weight excluding hydrogens is 193 g/mol. The predicted molar refractivity (Wildman–Crippen MR) is 59.0 cm³/mol. The summed E-state index contributed by atoms with van der Waals surface area (Å²) in [7, 11) is 0. The van der Waals surface area contributed by atoms with Gasteiger partial charge in [0.2, 0.25) is 0 Å². The van der Waals surface area contributed by atoms with Crippen molar-refractivity contribution in [2.24, 2.45) is 11.7 Å². The van der Waals surface area contributed by atoms with Crippen LogP contribution in [0.2, 0.25) is 0 Å². The maximum Gasteiger partial charge on any atom is 0.123 e. The molecule has 0 aliphatic rings. The van der Waals surface area contributed by atoms with Crippen LogP contribution >= 0.6 is 0 Å². The summed E-state index contributed by atoms with van der Waals surface area (Å²) in [6.45, 7) is 5.24. The van der Waals surface area contributed by atoms with E-state index in [1.807, 2.05) is 0 Å². The Bertz CT molecular complexity index is 284. The molecule has 2 nitrogen and oxygen atoms in total. The smallest absolute Gasteiger partial charge is 0.123 e. The minimum atomic E-state index is -0.238. The highest BCUT2D eigenvalue weighted by Crippen LogP contribution is 2.17. The number of benzene rings is 1. The van der Waals surface area contributed by atoms with Gasteiger partial charge in [-0.2, -0.15) is 0 Å². The molecule has 0 fully saturated rings. The number of hydrogen-bond acceptors (Lipinski definition) is 2. The van der Waals surface area contributed by atoms with E-state index in [1.54, 1.807) is 12.1 Å². The highest BCUT2D eigenvalue weighted by atomic mass is 19.1. The Kier molecular flexibility index (Phi) is 4.72. The normalized spacial score (nSPS) is 13.1. The van der Waals surface area contributed by atoms with Crippen LogP contribution < -0.4 is 5.73 Å². The van der Waals surface area contributed by atoms with E-state index >= 15 is 0 Å². The van der Waals surface area contributed by atoms with E-state index in [-0.39, 0.29) is 11.9 Å². The minimum absolute atomic E-state index is 0.131. The Hall–Kier alpha value is -0.930. The summed E-state index contributed by atoms with van der Waals surface area (Å²) in [5.41, 5.74) is 6.54. The van der Waals surface area contributed by atoms with Crippen molar-refractivity contribution < 1.29 is 9.13 Å². The molecule has 0 aliphatic carbocycles. The van der Waals surface area contributed by atoms with Crippen molar-refractivity contribution in [2.45, 2.75) is 20.0 Å². The van der Waals surface area contributed by atoms with Gasteiger partial charge in [0.05, 0.1) is 6.10 Å². The fourth-order valence-electron chi connectivity index (χ4n) is 1.29. The van der Waals surface area contributed by atoms with Crippen LogP contribution in [0.3, 0.4) is 0 Å². The number of nitrogens with two attached hydrogens (primary N) is 1. The summed E-state index contributed by atoms with van der Waals surface area (Å²) in [5.74, 6) is 0.234. The summed E-state index contributed by atoms with van der Waals surface area (Å²) >= 11 is 0. The van der Waals surface area contributed by atoms with E-state index in [4.69, 9.17) is 10.5 Å². The van der Waals surface area contributed by atoms with Gasteiger partial charge in [-0.15, -0.1) is 0 Å². The van der Waals surface area contributed by atoms with Crippen LogP contribution in [0.4, 0.5) is 4.39 Å². The van der Waals surface area contributed by atoms with Gasteiger partial charge in [0, 0.05) is 13.2 Å². The third kappa shape index (κ3) is 3.98. The molecule has 1 aromatic carbocycles. The molecule has 0 aliphatic heterocycles. The van der Waals surface area contributed by atoms with Crippen LogP contribution in [-0.4, -0.2) is 13.2 Å². The van der Waals surface area contributed by atoms with Gasteiger partial charge in [-0.1, -0.05) is 26.0 Å². The van der Waals surface area contributed by atoms with Crippen LogP contribution in [0, 0.1) is 11.7 Å². The Labute approximate surface area is 90.2 Å². The zero-order chi connectivity index (χ0) is 11.3. The highest BCUT2D eigenvalue weighted by Gasteiger charge is 2.10. The second-order valence-corrected chi connectivity index (χ2v) is 4.00. The van der Waals surface area contributed by atoms with Crippen LogP contribution in [0.25, 0.3) is 0 Å². The largest absolute Gasteiger partial charge is 0.372 e. The van der Waals surface area contributed by atoms with Crippen LogP contribution in [0.5, 0.6) is 0 Å². The standard InChI is InChI=1S/C12H18FNO/c1-9(2)8-15-12(7-14)10-3-5-11(13)6-4-10/h3-6,9,12H,7-8,14H2,1-2H3. The van der Waals surface area contributed by atoms with Crippen molar-refractivity contribution in [3.63, 3.8) is 0 Å². The lowest BCUT2D eigenvalue weighted by molar-refractivity contribution is 0.0405. The van der Waals surface area contributed by atoms with Crippen LogP contribution in [0.15, 0.2) is 24.3 Å². The molecule has 3 heteroatoms. The van der Waals surface area contributed by atoms with Gasteiger partial charge >= 0.3 is 0 Å². The third-order valence-electron chi connectivity index (χ3n) is 2.09. The van der Waals surface area contributed by atoms with E-state index in [0.717, 1.165) is 5.56 Å². The summed E-state index contributed by atoms with van der Waals surface area (Å²) in [5, 5.41) is 0. The van der Waals surface area contributed by atoms with Crippen molar-refractivity contribution in [3.8, 4) is 0 Å². The first-order valence-corrected chi connectivity index (χ1v) is 5.20. The second kappa shape index (κ2) is 5.83. The Morgan fingerprint density at radius 2 is 1.87 bits per heavy atom. The van der Waals surface area contributed by atoms with Crippen LogP contribution in [-0.2, 0) is 4.74 Å². The first-order valence-electron chi connectivity index (χ1n) is 5.20. The molecule has 0 bridgehead atoms. The molecule has 15 heavy (non-hydrogen) atoms. The third-order valence-corrected chi connectivity index (χ3v) is 2.09. The number of ether oxygens (including phenoxy) is 1. The molecule has 0 saturated heterocycles. The summed E-state index contributed by atoms with van der Waals surface area (Å²) < 4.78 is 18.3. The number of hydrogen-bond donors (Lipinski definition) is 1. The van der Waals surface area contributed by atoms with E-state index in [2.05, 4.69) is 13.8 Å². The molecule has 0 heterocycles. The molecule has 1 aromatic rings. The zero-order valence-electron chi connectivity index (χ0n) is 9.24. The summed E-state index contributed by atoms with van der Waals surface area (Å²) in [6, 6.07) is 6.29. The van der Waals surface area contributed by atoms with Gasteiger partial charge in [-0.05, 0) is 23.6 Å². The Morgan fingerprint density at radius 1 is 1.27 bits per heavy atom. The van der Waals surface area contributed by atoms with Crippen molar-refractivity contribution in [1.29, 1.82) is 0 Å². The van der Waals surface area contributed by atoms with Crippen LogP contribution in [0.1, 0.15) is 25.5 Å². The maximum absolute atomic E-state index is 12.7. The lowest BCUT2D eigenvalue weighted by atomic mass is 10.1. The quantitative estimate of drug-likeness (QED) is 0.812. The van der Waals surface area contributed by atoms with Crippen molar-refractivity contribution >= 4 is 0 Å². The predicted octanol–water partition coefficient (Wildman–Crippen LogP) is 2.50. The SMILES string of the molecule is CC(C)COC(CN)c1ccc(F)cc1. The van der Waals surface area contributed by atoms with E-state index in [1.165, 1.54) is 12.1 Å². The first kappa shape index (κ1) is 12.1. The lowest BCUT2D eigenvalue weighted by Gasteiger charge is -2.17. The van der Waals surface area contributed by atoms with Crippen molar-refractivity contribution in [1.82, 2.24) is 0 Å². The molecule has 0 spiro atoms. The molecule has 0 aromatic heterocycles. The Balaban J connectivity index is 2.61. The fourth-order valence-corrected chi connectivity index (χ4v) is 1.29.